The molecule has 26 heavy (non-hydrogen) atoms. The summed E-state index contributed by atoms with van der Waals surface area (Å²) in [7, 11) is 0. The minimum Gasteiger partial charge on any atom is -0.478 e. The maximum absolute atomic E-state index is 12.7. The van der Waals surface area contributed by atoms with Crippen molar-refractivity contribution in [1.29, 1.82) is 0 Å². The van der Waals surface area contributed by atoms with E-state index in [0.717, 1.165) is 16.7 Å². The molecule has 132 valence electrons. The molecule has 8 nitrogen and oxygen atoms in total. The average molecular weight is 372 g/mol. The second-order valence-electron chi connectivity index (χ2n) is 5.58. The third-order valence-corrected chi connectivity index (χ3v) is 5.18. The van der Waals surface area contributed by atoms with Gasteiger partial charge in [0.15, 0.2) is 11.5 Å². The Hall–Kier alpha value is -3.07. The molecule has 0 saturated carbocycles. The Morgan fingerprint density at radius 2 is 2.04 bits per heavy atom. The highest BCUT2D eigenvalue weighted by Gasteiger charge is 2.41. The molecule has 2 amide bonds. The lowest BCUT2D eigenvalue weighted by Crippen LogP contribution is -2.31. The fraction of sp³-hybridized carbons (Fsp3) is 0.176. The number of ether oxygens (including phenoxy) is 2. The number of carbonyl (C=O) groups excluding carboxylic acids is 2. The summed E-state index contributed by atoms with van der Waals surface area (Å²) in [5, 5.41) is 8.71. The van der Waals surface area contributed by atoms with Gasteiger partial charge in [-0.3, -0.25) is 9.59 Å². The summed E-state index contributed by atoms with van der Waals surface area (Å²) >= 11 is 0.982. The third kappa shape index (κ3) is 2.76. The largest absolute Gasteiger partial charge is 0.478 e. The van der Waals surface area contributed by atoms with E-state index in [9.17, 15) is 19.5 Å². The van der Waals surface area contributed by atoms with Crippen molar-refractivity contribution in [1.82, 2.24) is 4.98 Å². The zero-order valence-corrected chi connectivity index (χ0v) is 14.1. The van der Waals surface area contributed by atoms with Crippen molar-refractivity contribution in [2.45, 2.75) is 16.7 Å². The van der Waals surface area contributed by atoms with Gasteiger partial charge >= 0.3 is 5.97 Å². The van der Waals surface area contributed by atoms with E-state index in [1.807, 2.05) is 0 Å². The van der Waals surface area contributed by atoms with E-state index in [-0.39, 0.29) is 29.7 Å². The normalized spacial score (nSPS) is 18.5. The lowest BCUT2D eigenvalue weighted by Gasteiger charge is -2.15. The van der Waals surface area contributed by atoms with Crippen LogP contribution < -0.4 is 14.4 Å². The molecule has 1 fully saturated rings. The lowest BCUT2D eigenvalue weighted by molar-refractivity contribution is -0.121. The third-order valence-electron chi connectivity index (χ3n) is 3.98. The Morgan fingerprint density at radius 3 is 2.85 bits per heavy atom. The van der Waals surface area contributed by atoms with Crippen LogP contribution in [0.5, 0.6) is 11.5 Å². The quantitative estimate of drug-likeness (QED) is 0.812. The zero-order chi connectivity index (χ0) is 18.3. The first-order valence-electron chi connectivity index (χ1n) is 7.66. The summed E-state index contributed by atoms with van der Waals surface area (Å²) < 4.78 is 10.5. The fourth-order valence-corrected chi connectivity index (χ4v) is 3.88. The van der Waals surface area contributed by atoms with Gasteiger partial charge in [-0.1, -0.05) is 11.8 Å². The molecule has 0 aliphatic carbocycles. The highest BCUT2D eigenvalue weighted by molar-refractivity contribution is 8.00. The van der Waals surface area contributed by atoms with E-state index in [4.69, 9.17) is 9.47 Å². The van der Waals surface area contributed by atoms with Crippen LogP contribution in [0.4, 0.5) is 5.69 Å². The summed E-state index contributed by atoms with van der Waals surface area (Å²) in [5.74, 6) is -0.888. The number of amides is 2. The molecule has 9 heteroatoms. The first-order valence-corrected chi connectivity index (χ1v) is 8.54. The van der Waals surface area contributed by atoms with Crippen LogP contribution in [0.1, 0.15) is 16.8 Å². The number of carboxylic acid groups (broad SMARTS) is 1. The second-order valence-corrected chi connectivity index (χ2v) is 6.77. The first kappa shape index (κ1) is 16.4. The standard InChI is InChI=1S/C17H12N2O6S/c20-14-7-13(26-15-10(17(22)23)2-1-5-18-15)16(21)19(14)9-3-4-11-12(6-9)25-8-24-11/h1-6,13H,7-8H2,(H,22,23)/t13-/m1/s1. The van der Waals surface area contributed by atoms with Gasteiger partial charge in [0, 0.05) is 18.7 Å². The molecule has 1 saturated heterocycles. The number of anilines is 1. The number of fused-ring (bicyclic) bond motifs is 1. The van der Waals surface area contributed by atoms with Crippen molar-refractivity contribution < 1.29 is 29.0 Å². The Bertz CT molecular complexity index is 931. The van der Waals surface area contributed by atoms with Gasteiger partial charge in [0.2, 0.25) is 18.6 Å². The topological polar surface area (TPSA) is 106 Å². The maximum atomic E-state index is 12.7. The number of thioether (sulfide) groups is 1. The highest BCUT2D eigenvalue weighted by atomic mass is 32.2. The minimum absolute atomic E-state index is 0.000668. The summed E-state index contributed by atoms with van der Waals surface area (Å²) in [6.45, 7) is 0.0940. The van der Waals surface area contributed by atoms with E-state index >= 15 is 0 Å². The molecule has 1 aromatic carbocycles. The molecule has 0 spiro atoms. The smallest absolute Gasteiger partial charge is 0.338 e. The van der Waals surface area contributed by atoms with E-state index in [1.165, 1.54) is 18.3 Å². The molecule has 0 bridgehead atoms. The van der Waals surface area contributed by atoms with E-state index < -0.39 is 17.1 Å². The van der Waals surface area contributed by atoms with Gasteiger partial charge in [-0.05, 0) is 24.3 Å². The van der Waals surface area contributed by atoms with Crippen molar-refractivity contribution in [3.63, 3.8) is 0 Å². The summed E-state index contributed by atoms with van der Waals surface area (Å²) in [6.07, 6.45) is 1.42. The number of rotatable bonds is 4. The number of aromatic nitrogens is 1. The average Bonchev–Trinajstić information content (AvgIpc) is 3.19. The van der Waals surface area contributed by atoms with E-state index in [1.54, 1.807) is 18.2 Å². The number of hydrogen-bond donors (Lipinski definition) is 1. The van der Waals surface area contributed by atoms with E-state index in [0.29, 0.717) is 17.2 Å². The minimum atomic E-state index is -1.13. The number of hydrogen-bond acceptors (Lipinski definition) is 7. The van der Waals surface area contributed by atoms with Crippen LogP contribution in [0.15, 0.2) is 41.6 Å². The van der Waals surface area contributed by atoms with Crippen LogP contribution >= 0.6 is 11.8 Å². The van der Waals surface area contributed by atoms with E-state index in [2.05, 4.69) is 4.98 Å². The number of carbonyl (C=O) groups is 3. The Balaban J connectivity index is 1.59. The molecule has 2 aliphatic rings. The molecule has 0 unspecified atom stereocenters. The number of nitrogens with zero attached hydrogens (tertiary/aromatic N) is 2. The monoisotopic (exact) mass is 372 g/mol. The molecular weight excluding hydrogens is 360 g/mol. The van der Waals surface area contributed by atoms with Crippen LogP contribution in [0, 0.1) is 0 Å². The first-order chi connectivity index (χ1) is 12.5. The highest BCUT2D eigenvalue weighted by Crippen LogP contribution is 2.39. The van der Waals surface area contributed by atoms with Gasteiger partial charge < -0.3 is 14.6 Å². The van der Waals surface area contributed by atoms with Crippen molar-refractivity contribution >= 4 is 35.2 Å². The predicted octanol–water partition coefficient (Wildman–Crippen LogP) is 1.93. The van der Waals surface area contributed by atoms with Gasteiger partial charge in [-0.2, -0.15) is 0 Å². The summed E-state index contributed by atoms with van der Waals surface area (Å²) in [5.41, 5.74) is 0.395. The van der Waals surface area contributed by atoms with Gasteiger partial charge in [0.25, 0.3) is 0 Å². The Kier molecular flexibility index (Phi) is 4.00. The maximum Gasteiger partial charge on any atom is 0.338 e. The molecular formula is C17H12N2O6S. The van der Waals surface area contributed by atoms with Crippen LogP contribution in [0.2, 0.25) is 0 Å². The number of imide groups is 1. The van der Waals surface area contributed by atoms with Crippen LogP contribution in [0.25, 0.3) is 0 Å². The van der Waals surface area contributed by atoms with Crippen molar-refractivity contribution in [2.75, 3.05) is 11.7 Å². The van der Waals surface area contributed by atoms with Crippen molar-refractivity contribution in [3.05, 3.63) is 42.1 Å². The number of benzene rings is 1. The molecule has 2 aliphatic heterocycles. The second kappa shape index (κ2) is 6.34. The van der Waals surface area contributed by atoms with Crippen LogP contribution in [-0.2, 0) is 9.59 Å². The number of carboxylic acids is 1. The Labute approximate surface area is 151 Å². The number of pyridine rings is 1. The van der Waals surface area contributed by atoms with Crippen LogP contribution in [0.3, 0.4) is 0 Å². The van der Waals surface area contributed by atoms with Gasteiger partial charge in [0.1, 0.15) is 5.03 Å². The zero-order valence-electron chi connectivity index (χ0n) is 13.2. The SMILES string of the molecule is O=C(O)c1cccnc1S[C@@H]1CC(=O)N(c2ccc3c(c2)OCO3)C1=O. The van der Waals surface area contributed by atoms with Crippen molar-refractivity contribution in [2.24, 2.45) is 0 Å². The van der Waals surface area contributed by atoms with Gasteiger partial charge in [-0.25, -0.2) is 14.7 Å². The number of aromatic carboxylic acids is 1. The molecule has 4 rings (SSSR count). The molecule has 2 aromatic rings. The molecule has 1 aromatic heterocycles. The molecule has 1 atom stereocenters. The lowest BCUT2D eigenvalue weighted by atomic mass is 10.2. The summed E-state index contributed by atoms with van der Waals surface area (Å²) in [4.78, 5) is 41.5. The molecule has 0 radical (unpaired) electrons. The molecule has 1 N–H and O–H groups in total. The Morgan fingerprint density at radius 1 is 1.23 bits per heavy atom. The summed E-state index contributed by atoms with van der Waals surface area (Å²) in [6, 6.07) is 7.75. The van der Waals surface area contributed by atoms with Crippen molar-refractivity contribution in [3.8, 4) is 11.5 Å². The predicted molar refractivity (Wildman–Crippen MR) is 90.5 cm³/mol. The molecule has 3 heterocycles. The van der Waals surface area contributed by atoms with Gasteiger partial charge in [-0.15, -0.1) is 0 Å². The fourth-order valence-electron chi connectivity index (χ4n) is 2.77. The van der Waals surface area contributed by atoms with Crippen LogP contribution in [-0.4, -0.2) is 39.9 Å². The van der Waals surface area contributed by atoms with Gasteiger partial charge in [0.05, 0.1) is 16.5 Å².